The fourth-order valence-corrected chi connectivity index (χ4v) is 1.28. The van der Waals surface area contributed by atoms with Crippen LogP contribution in [0.25, 0.3) is 0 Å². The number of nitrogens with zero attached hydrogens (tertiary/aromatic N) is 2. The third kappa shape index (κ3) is 4.42. The van der Waals surface area contributed by atoms with Crippen molar-refractivity contribution in [3.05, 3.63) is 18.2 Å². The first kappa shape index (κ1) is 12.2. The van der Waals surface area contributed by atoms with Crippen LogP contribution in [0.1, 0.15) is 5.82 Å². The van der Waals surface area contributed by atoms with Gasteiger partial charge in [-0.25, -0.2) is 4.98 Å². The first-order valence-corrected chi connectivity index (χ1v) is 5.09. The number of hydrogen-bond acceptors (Lipinski definition) is 4. The number of rotatable bonds is 8. The summed E-state index contributed by atoms with van der Waals surface area (Å²) in [6.07, 6.45) is 3.77. The smallest absolute Gasteiger partial charge is 0.122 e. The summed E-state index contributed by atoms with van der Waals surface area (Å²) >= 11 is 0. The molecule has 0 spiro atoms. The van der Waals surface area contributed by atoms with Crippen molar-refractivity contribution in [3.63, 3.8) is 0 Å². The van der Waals surface area contributed by atoms with E-state index < -0.39 is 0 Å². The molecular formula is C10H19N3O2. The maximum Gasteiger partial charge on any atom is 0.122 e. The molecule has 5 nitrogen and oxygen atoms in total. The van der Waals surface area contributed by atoms with Crippen LogP contribution in [0.15, 0.2) is 12.4 Å². The zero-order chi connectivity index (χ0) is 10.9. The summed E-state index contributed by atoms with van der Waals surface area (Å²) in [4.78, 5) is 4.24. The van der Waals surface area contributed by atoms with Gasteiger partial charge in [-0.15, -0.1) is 0 Å². The van der Waals surface area contributed by atoms with Crippen molar-refractivity contribution in [1.29, 1.82) is 0 Å². The van der Waals surface area contributed by atoms with E-state index in [-0.39, 0.29) is 0 Å². The van der Waals surface area contributed by atoms with Crippen molar-refractivity contribution in [2.75, 3.05) is 34.0 Å². The molecular weight excluding hydrogens is 194 g/mol. The monoisotopic (exact) mass is 213 g/mol. The number of imidazole rings is 1. The van der Waals surface area contributed by atoms with Gasteiger partial charge >= 0.3 is 0 Å². The van der Waals surface area contributed by atoms with E-state index in [2.05, 4.69) is 14.9 Å². The Morgan fingerprint density at radius 3 is 3.00 bits per heavy atom. The fourth-order valence-electron chi connectivity index (χ4n) is 1.28. The van der Waals surface area contributed by atoms with Gasteiger partial charge in [-0.05, 0) is 7.05 Å². The predicted octanol–water partition coefficient (Wildman–Crippen LogP) is 0.266. The molecule has 0 aliphatic carbocycles. The highest BCUT2D eigenvalue weighted by molar-refractivity contribution is 4.91. The van der Waals surface area contributed by atoms with Crippen molar-refractivity contribution < 1.29 is 9.47 Å². The summed E-state index contributed by atoms with van der Waals surface area (Å²) in [5, 5.41) is 3.08. The van der Waals surface area contributed by atoms with E-state index in [0.29, 0.717) is 19.8 Å². The summed E-state index contributed by atoms with van der Waals surface area (Å²) in [6.45, 7) is 3.60. The van der Waals surface area contributed by atoms with E-state index in [1.807, 2.05) is 19.4 Å². The van der Waals surface area contributed by atoms with Gasteiger partial charge in [0, 0.05) is 26.0 Å². The Morgan fingerprint density at radius 2 is 2.27 bits per heavy atom. The van der Waals surface area contributed by atoms with Gasteiger partial charge in [0.05, 0.1) is 26.4 Å². The van der Waals surface area contributed by atoms with Crippen LogP contribution in [-0.2, 0) is 22.6 Å². The maximum atomic E-state index is 5.39. The lowest BCUT2D eigenvalue weighted by molar-refractivity contribution is 0.0663. The maximum absolute atomic E-state index is 5.39. The number of hydrogen-bond donors (Lipinski definition) is 1. The molecule has 0 saturated carbocycles. The molecule has 1 heterocycles. The van der Waals surface area contributed by atoms with E-state index >= 15 is 0 Å². The van der Waals surface area contributed by atoms with Gasteiger partial charge in [0.1, 0.15) is 5.82 Å². The molecule has 5 heteroatoms. The molecule has 86 valence electrons. The largest absolute Gasteiger partial charge is 0.382 e. The predicted molar refractivity (Wildman–Crippen MR) is 57.7 cm³/mol. The van der Waals surface area contributed by atoms with Crippen LogP contribution in [0.2, 0.25) is 0 Å². The summed E-state index contributed by atoms with van der Waals surface area (Å²) in [5.74, 6) is 1.04. The van der Waals surface area contributed by atoms with Crippen molar-refractivity contribution >= 4 is 0 Å². The SMILES string of the molecule is CNCc1nccn1CCOCCOC. The number of nitrogens with one attached hydrogen (secondary N) is 1. The van der Waals surface area contributed by atoms with Crippen LogP contribution < -0.4 is 5.32 Å². The van der Waals surface area contributed by atoms with Gasteiger partial charge < -0.3 is 19.4 Å². The van der Waals surface area contributed by atoms with Gasteiger partial charge in [-0.3, -0.25) is 0 Å². The molecule has 0 atom stereocenters. The molecule has 0 aliphatic heterocycles. The molecule has 0 saturated heterocycles. The number of ether oxygens (including phenoxy) is 2. The van der Waals surface area contributed by atoms with Crippen LogP contribution in [0.4, 0.5) is 0 Å². The molecule has 0 bridgehead atoms. The van der Waals surface area contributed by atoms with E-state index in [1.54, 1.807) is 7.11 Å². The Kier molecular flexibility index (Phi) is 5.99. The minimum absolute atomic E-state index is 0.645. The third-order valence-corrected chi connectivity index (χ3v) is 2.04. The molecule has 1 aromatic heterocycles. The number of methoxy groups -OCH3 is 1. The van der Waals surface area contributed by atoms with Crippen molar-refractivity contribution in [2.45, 2.75) is 13.1 Å². The highest BCUT2D eigenvalue weighted by Gasteiger charge is 2.00. The van der Waals surface area contributed by atoms with E-state index in [1.165, 1.54) is 0 Å². The topological polar surface area (TPSA) is 48.3 Å². The molecule has 15 heavy (non-hydrogen) atoms. The second kappa shape index (κ2) is 7.39. The standard InChI is InChI=1S/C10H19N3O2/c1-11-9-10-12-3-4-13(10)5-6-15-8-7-14-2/h3-4,11H,5-9H2,1-2H3. The average molecular weight is 213 g/mol. The molecule has 0 unspecified atom stereocenters. The van der Waals surface area contributed by atoms with Crippen LogP contribution in [0.3, 0.4) is 0 Å². The molecule has 1 aromatic rings. The summed E-state index contributed by atoms with van der Waals surface area (Å²) in [5.41, 5.74) is 0. The summed E-state index contributed by atoms with van der Waals surface area (Å²) in [6, 6.07) is 0. The van der Waals surface area contributed by atoms with Crippen molar-refractivity contribution in [1.82, 2.24) is 14.9 Å². The van der Waals surface area contributed by atoms with Gasteiger partial charge in [-0.1, -0.05) is 0 Å². The van der Waals surface area contributed by atoms with Gasteiger partial charge in [0.15, 0.2) is 0 Å². The highest BCUT2D eigenvalue weighted by Crippen LogP contribution is 1.96. The van der Waals surface area contributed by atoms with Crippen molar-refractivity contribution in [3.8, 4) is 0 Å². The van der Waals surface area contributed by atoms with Crippen LogP contribution in [0.5, 0.6) is 0 Å². The first-order valence-electron chi connectivity index (χ1n) is 5.09. The summed E-state index contributed by atoms with van der Waals surface area (Å²) in [7, 11) is 3.58. The minimum atomic E-state index is 0.645. The quantitative estimate of drug-likeness (QED) is 0.630. The lowest BCUT2D eigenvalue weighted by atomic mass is 10.5. The van der Waals surface area contributed by atoms with Crippen molar-refractivity contribution in [2.24, 2.45) is 0 Å². The minimum Gasteiger partial charge on any atom is -0.382 e. The van der Waals surface area contributed by atoms with Crippen LogP contribution in [0, 0.1) is 0 Å². The molecule has 0 amide bonds. The van der Waals surface area contributed by atoms with Crippen LogP contribution in [-0.4, -0.2) is 43.5 Å². The second-order valence-electron chi connectivity index (χ2n) is 3.17. The van der Waals surface area contributed by atoms with E-state index in [4.69, 9.17) is 9.47 Å². The third-order valence-electron chi connectivity index (χ3n) is 2.04. The second-order valence-corrected chi connectivity index (χ2v) is 3.17. The zero-order valence-electron chi connectivity index (χ0n) is 9.40. The Bertz CT molecular complexity index is 263. The number of aromatic nitrogens is 2. The van der Waals surface area contributed by atoms with Gasteiger partial charge in [-0.2, -0.15) is 0 Å². The zero-order valence-corrected chi connectivity index (χ0v) is 9.40. The van der Waals surface area contributed by atoms with E-state index in [9.17, 15) is 0 Å². The van der Waals surface area contributed by atoms with Gasteiger partial charge in [0.2, 0.25) is 0 Å². The van der Waals surface area contributed by atoms with Gasteiger partial charge in [0.25, 0.3) is 0 Å². The molecule has 1 rings (SSSR count). The molecule has 1 N–H and O–H groups in total. The van der Waals surface area contributed by atoms with E-state index in [0.717, 1.165) is 18.9 Å². The first-order chi connectivity index (χ1) is 7.38. The van der Waals surface area contributed by atoms with Crippen LogP contribution >= 0.6 is 0 Å². The highest BCUT2D eigenvalue weighted by atomic mass is 16.5. The average Bonchev–Trinajstić information content (AvgIpc) is 2.66. The summed E-state index contributed by atoms with van der Waals surface area (Å²) < 4.78 is 12.4. The molecule has 0 fully saturated rings. The lowest BCUT2D eigenvalue weighted by Gasteiger charge is -2.07. The Balaban J connectivity index is 2.21. The molecule has 0 radical (unpaired) electrons. The normalized spacial score (nSPS) is 10.8. The Labute approximate surface area is 90.4 Å². The molecule has 0 aromatic carbocycles. The Morgan fingerprint density at radius 1 is 1.40 bits per heavy atom. The Hall–Kier alpha value is -0.910. The lowest BCUT2D eigenvalue weighted by Crippen LogP contribution is -2.15. The molecule has 0 aliphatic rings. The fraction of sp³-hybridized carbons (Fsp3) is 0.700.